The van der Waals surface area contributed by atoms with Gasteiger partial charge in [-0.3, -0.25) is 4.79 Å². The van der Waals surface area contributed by atoms with E-state index in [1.165, 1.54) is 10.7 Å². The summed E-state index contributed by atoms with van der Waals surface area (Å²) < 4.78 is 39.1. The molecule has 1 aliphatic heterocycles. The molecule has 4 rings (SSSR count). The summed E-state index contributed by atoms with van der Waals surface area (Å²) in [6.45, 7) is 3.35. The molecular formula is C23H22F2N4O4. The highest BCUT2D eigenvalue weighted by Crippen LogP contribution is 2.26. The van der Waals surface area contributed by atoms with E-state index in [1.807, 2.05) is 24.3 Å². The van der Waals surface area contributed by atoms with Crippen LogP contribution in [-0.2, 0) is 16.4 Å². The molecule has 0 saturated heterocycles. The van der Waals surface area contributed by atoms with Crippen LogP contribution in [0.4, 0.5) is 14.5 Å². The van der Waals surface area contributed by atoms with Crippen LogP contribution in [0.15, 0.2) is 47.6 Å². The summed E-state index contributed by atoms with van der Waals surface area (Å²) in [6.07, 6.45) is -0.526. The lowest BCUT2D eigenvalue weighted by Crippen LogP contribution is -2.28. The lowest BCUT2D eigenvalue weighted by molar-refractivity contribution is -0.125. The van der Waals surface area contributed by atoms with Crippen molar-refractivity contribution < 1.29 is 27.9 Å². The minimum absolute atomic E-state index is 0.102. The number of nitrogens with zero attached hydrogens (tertiary/aromatic N) is 3. The Bertz CT molecular complexity index is 1230. The van der Waals surface area contributed by atoms with Crippen LogP contribution >= 0.6 is 0 Å². The summed E-state index contributed by atoms with van der Waals surface area (Å²) in [5, 5.41) is 11.2. The standard InChI is InChI=1S/C23H22F2N4O4/c1-13-22(14(2)29(27-13)12-32-20-9-8-15(24)10-17(20)25)26-23(30)21-11-18(28-33-21)16-6-4-5-7-19(16)31-3/h4-10,21H,11-12H2,1-3H3,(H,26,30). The molecule has 1 atom stereocenters. The SMILES string of the molecule is COc1ccccc1C1=NOC(C(=O)Nc2c(C)nn(COc3ccc(F)cc3F)c2C)C1. The largest absolute Gasteiger partial charge is 0.496 e. The molecule has 1 aromatic heterocycles. The number of rotatable bonds is 7. The smallest absolute Gasteiger partial charge is 0.268 e. The van der Waals surface area contributed by atoms with Crippen molar-refractivity contribution in [3.63, 3.8) is 0 Å². The molecule has 0 radical (unpaired) electrons. The zero-order valence-electron chi connectivity index (χ0n) is 18.3. The number of carbonyl (C=O) groups is 1. The van der Waals surface area contributed by atoms with E-state index >= 15 is 0 Å². The summed E-state index contributed by atoms with van der Waals surface area (Å²) in [4.78, 5) is 18.2. The molecule has 2 aromatic carbocycles. The number of hydrogen-bond donors (Lipinski definition) is 1. The molecule has 1 unspecified atom stereocenters. The number of aryl methyl sites for hydroxylation is 1. The van der Waals surface area contributed by atoms with E-state index < -0.39 is 17.7 Å². The van der Waals surface area contributed by atoms with Crippen molar-refractivity contribution in [3.05, 3.63) is 71.1 Å². The van der Waals surface area contributed by atoms with Crippen molar-refractivity contribution in [1.29, 1.82) is 0 Å². The van der Waals surface area contributed by atoms with E-state index in [0.29, 0.717) is 28.5 Å². The van der Waals surface area contributed by atoms with Crippen molar-refractivity contribution in [2.24, 2.45) is 5.16 Å². The maximum atomic E-state index is 13.8. The maximum Gasteiger partial charge on any atom is 0.268 e. The summed E-state index contributed by atoms with van der Waals surface area (Å²) in [5.74, 6) is -1.33. The molecule has 0 bridgehead atoms. The second-order valence-electron chi connectivity index (χ2n) is 7.42. The summed E-state index contributed by atoms with van der Waals surface area (Å²) in [6, 6.07) is 10.4. The average molecular weight is 456 g/mol. The van der Waals surface area contributed by atoms with Crippen molar-refractivity contribution in [2.75, 3.05) is 12.4 Å². The molecule has 0 aliphatic carbocycles. The lowest BCUT2D eigenvalue weighted by atomic mass is 10.0. The molecule has 0 fully saturated rings. The summed E-state index contributed by atoms with van der Waals surface area (Å²) in [7, 11) is 1.57. The van der Waals surface area contributed by atoms with Crippen LogP contribution in [0.1, 0.15) is 23.4 Å². The van der Waals surface area contributed by atoms with Crippen LogP contribution in [0.3, 0.4) is 0 Å². The number of ether oxygens (including phenoxy) is 2. The van der Waals surface area contributed by atoms with Crippen molar-refractivity contribution in [1.82, 2.24) is 9.78 Å². The van der Waals surface area contributed by atoms with Gasteiger partial charge in [0.15, 0.2) is 18.3 Å². The number of aromatic nitrogens is 2. The first-order chi connectivity index (χ1) is 15.9. The van der Waals surface area contributed by atoms with E-state index in [1.54, 1.807) is 21.0 Å². The third-order valence-electron chi connectivity index (χ3n) is 5.25. The Morgan fingerprint density at radius 1 is 1.21 bits per heavy atom. The van der Waals surface area contributed by atoms with Gasteiger partial charge in [0.1, 0.15) is 11.6 Å². The van der Waals surface area contributed by atoms with Gasteiger partial charge in [-0.15, -0.1) is 0 Å². The minimum atomic E-state index is -0.811. The molecule has 8 nitrogen and oxygen atoms in total. The summed E-state index contributed by atoms with van der Waals surface area (Å²) >= 11 is 0. The summed E-state index contributed by atoms with van der Waals surface area (Å²) in [5.41, 5.74) is 3.03. The number of benzene rings is 2. The number of amides is 1. The predicted molar refractivity (Wildman–Crippen MR) is 116 cm³/mol. The molecule has 0 spiro atoms. The van der Waals surface area contributed by atoms with Gasteiger partial charge in [-0.05, 0) is 38.1 Å². The van der Waals surface area contributed by atoms with Gasteiger partial charge in [0.05, 0.1) is 29.9 Å². The molecule has 2 heterocycles. The van der Waals surface area contributed by atoms with Crippen molar-refractivity contribution >= 4 is 17.3 Å². The highest BCUT2D eigenvalue weighted by molar-refractivity contribution is 6.07. The van der Waals surface area contributed by atoms with E-state index in [2.05, 4.69) is 15.6 Å². The third-order valence-corrected chi connectivity index (χ3v) is 5.25. The highest BCUT2D eigenvalue weighted by atomic mass is 19.1. The van der Waals surface area contributed by atoms with Crippen molar-refractivity contribution in [2.45, 2.75) is 33.1 Å². The van der Waals surface area contributed by atoms with E-state index in [4.69, 9.17) is 14.3 Å². The molecule has 1 amide bonds. The quantitative estimate of drug-likeness (QED) is 0.582. The first kappa shape index (κ1) is 22.3. The average Bonchev–Trinajstić information content (AvgIpc) is 3.39. The fraction of sp³-hybridized carbons (Fsp3) is 0.261. The molecular weight excluding hydrogens is 434 g/mol. The van der Waals surface area contributed by atoms with Crippen LogP contribution in [-0.4, -0.2) is 34.6 Å². The Morgan fingerprint density at radius 3 is 2.76 bits per heavy atom. The van der Waals surface area contributed by atoms with Gasteiger partial charge in [-0.1, -0.05) is 17.3 Å². The fourth-order valence-corrected chi connectivity index (χ4v) is 3.49. The zero-order chi connectivity index (χ0) is 23.5. The van der Waals surface area contributed by atoms with Gasteiger partial charge < -0.3 is 19.6 Å². The number of oxime groups is 1. The lowest BCUT2D eigenvalue weighted by Gasteiger charge is -2.11. The Balaban J connectivity index is 1.41. The Kier molecular flexibility index (Phi) is 6.25. The topological polar surface area (TPSA) is 87.0 Å². The van der Waals surface area contributed by atoms with Crippen LogP contribution in [0.25, 0.3) is 0 Å². The van der Waals surface area contributed by atoms with Gasteiger partial charge in [0, 0.05) is 18.1 Å². The predicted octanol–water partition coefficient (Wildman–Crippen LogP) is 3.95. The fourth-order valence-electron chi connectivity index (χ4n) is 3.49. The van der Waals surface area contributed by atoms with Crippen LogP contribution in [0.5, 0.6) is 11.5 Å². The van der Waals surface area contributed by atoms with Crippen LogP contribution < -0.4 is 14.8 Å². The van der Waals surface area contributed by atoms with E-state index in [-0.39, 0.29) is 24.8 Å². The van der Waals surface area contributed by atoms with Gasteiger partial charge in [0.2, 0.25) is 6.10 Å². The number of hydrogen-bond acceptors (Lipinski definition) is 6. The number of halogens is 2. The Morgan fingerprint density at radius 2 is 2.00 bits per heavy atom. The first-order valence-electron chi connectivity index (χ1n) is 10.2. The second-order valence-corrected chi connectivity index (χ2v) is 7.42. The van der Waals surface area contributed by atoms with Gasteiger partial charge in [0.25, 0.3) is 5.91 Å². The number of nitrogens with one attached hydrogen (secondary N) is 1. The number of carbonyl (C=O) groups excluding carboxylic acids is 1. The van der Waals surface area contributed by atoms with Crippen LogP contribution in [0.2, 0.25) is 0 Å². The Labute approximate surface area is 188 Å². The molecule has 0 saturated carbocycles. The molecule has 1 N–H and O–H groups in total. The minimum Gasteiger partial charge on any atom is -0.496 e. The van der Waals surface area contributed by atoms with E-state index in [9.17, 15) is 13.6 Å². The number of methoxy groups -OCH3 is 1. The maximum absolute atomic E-state index is 13.8. The van der Waals surface area contributed by atoms with Gasteiger partial charge in [-0.2, -0.15) is 5.10 Å². The monoisotopic (exact) mass is 456 g/mol. The normalized spacial score (nSPS) is 15.1. The Hall–Kier alpha value is -3.95. The molecule has 33 heavy (non-hydrogen) atoms. The molecule has 10 heteroatoms. The first-order valence-corrected chi connectivity index (χ1v) is 10.2. The molecule has 3 aromatic rings. The third kappa shape index (κ3) is 4.64. The van der Waals surface area contributed by atoms with Crippen molar-refractivity contribution in [3.8, 4) is 11.5 Å². The van der Waals surface area contributed by atoms with Gasteiger partial charge >= 0.3 is 0 Å². The van der Waals surface area contributed by atoms with Crippen LogP contribution in [0, 0.1) is 25.5 Å². The van der Waals surface area contributed by atoms with Gasteiger partial charge in [-0.25, -0.2) is 13.5 Å². The number of anilines is 1. The van der Waals surface area contributed by atoms with E-state index in [0.717, 1.165) is 17.7 Å². The highest BCUT2D eigenvalue weighted by Gasteiger charge is 2.31. The zero-order valence-corrected chi connectivity index (χ0v) is 18.3. The second kappa shape index (κ2) is 9.27. The molecule has 1 aliphatic rings. The number of para-hydroxylation sites is 1. The molecule has 172 valence electrons.